The first kappa shape index (κ1) is 25.0. The van der Waals surface area contributed by atoms with E-state index in [2.05, 4.69) is 19.9 Å². The third-order valence-corrected chi connectivity index (χ3v) is 5.53. The smallest absolute Gasteiger partial charge is 0.405 e. The minimum atomic E-state index is -4.69. The van der Waals surface area contributed by atoms with Gasteiger partial charge in [0.25, 0.3) is 0 Å². The third kappa shape index (κ3) is 7.47. The Kier molecular flexibility index (Phi) is 9.52. The number of hydrogen-bond donors (Lipinski definition) is 1. The van der Waals surface area contributed by atoms with Gasteiger partial charge < -0.3 is 19.7 Å². The summed E-state index contributed by atoms with van der Waals surface area (Å²) < 4.78 is 47.7. The molecule has 1 aliphatic carbocycles. The fourth-order valence-corrected chi connectivity index (χ4v) is 3.81. The van der Waals surface area contributed by atoms with Crippen LogP contribution in [-0.2, 0) is 4.74 Å². The van der Waals surface area contributed by atoms with E-state index in [9.17, 15) is 13.2 Å². The summed E-state index contributed by atoms with van der Waals surface area (Å²) in [5.74, 6) is 1.35. The molecular formula is C21H31F3IN3O2. The van der Waals surface area contributed by atoms with Gasteiger partial charge >= 0.3 is 6.36 Å². The number of nitrogens with zero attached hydrogens (tertiary/aromatic N) is 2. The molecule has 0 bridgehead atoms. The van der Waals surface area contributed by atoms with E-state index in [1.54, 1.807) is 18.2 Å². The molecule has 3 rings (SSSR count). The molecule has 1 heterocycles. The predicted molar refractivity (Wildman–Crippen MR) is 122 cm³/mol. The lowest BCUT2D eigenvalue weighted by Gasteiger charge is -2.27. The molecule has 2 unspecified atom stereocenters. The Labute approximate surface area is 193 Å². The standard InChI is InChI=1S/C21H30F3N3O2.HI/c1-3-25-20(27(2)11-8-15-9-12-28-13-10-15)26-18-14-17(18)16-6-4-5-7-19(16)29-21(22,23)24;/h4-7,15,17-18H,3,8-14H2,1-2H3,(H,25,26);1H. The van der Waals surface area contributed by atoms with E-state index in [4.69, 9.17) is 4.74 Å². The van der Waals surface area contributed by atoms with Crippen molar-refractivity contribution in [3.05, 3.63) is 29.8 Å². The zero-order valence-corrected chi connectivity index (χ0v) is 19.8. The molecule has 2 atom stereocenters. The van der Waals surface area contributed by atoms with Crippen LogP contribution in [0.25, 0.3) is 0 Å². The highest BCUT2D eigenvalue weighted by Gasteiger charge is 2.42. The van der Waals surface area contributed by atoms with Gasteiger partial charge in [-0.05, 0) is 50.2 Å². The van der Waals surface area contributed by atoms with Crippen molar-refractivity contribution in [2.24, 2.45) is 10.9 Å². The summed E-state index contributed by atoms with van der Waals surface area (Å²) in [6.45, 7) is 5.19. The van der Waals surface area contributed by atoms with Crippen LogP contribution in [0, 0.1) is 5.92 Å². The number of para-hydroxylation sites is 1. The molecule has 0 amide bonds. The van der Waals surface area contributed by atoms with Gasteiger partial charge in [0.05, 0.1) is 0 Å². The zero-order chi connectivity index (χ0) is 20.9. The summed E-state index contributed by atoms with van der Waals surface area (Å²) >= 11 is 0. The van der Waals surface area contributed by atoms with Crippen molar-refractivity contribution in [3.8, 4) is 5.75 Å². The third-order valence-electron chi connectivity index (χ3n) is 5.53. The number of halogens is 4. The second-order valence-corrected chi connectivity index (χ2v) is 7.74. The van der Waals surface area contributed by atoms with Crippen molar-refractivity contribution in [2.45, 2.75) is 50.9 Å². The Hall–Kier alpha value is -1.23. The molecule has 1 aromatic carbocycles. The maximum Gasteiger partial charge on any atom is 0.573 e. The molecule has 0 radical (unpaired) electrons. The molecule has 9 heteroatoms. The van der Waals surface area contributed by atoms with Crippen molar-refractivity contribution >= 4 is 29.9 Å². The zero-order valence-electron chi connectivity index (χ0n) is 17.5. The summed E-state index contributed by atoms with van der Waals surface area (Å²) in [7, 11) is 2.01. The van der Waals surface area contributed by atoms with Crippen molar-refractivity contribution in [1.82, 2.24) is 10.2 Å². The Bertz CT molecular complexity index is 696. The number of aliphatic imine (C=N–C) groups is 1. The van der Waals surface area contributed by atoms with E-state index in [0.29, 0.717) is 18.0 Å². The number of nitrogens with one attached hydrogen (secondary N) is 1. The topological polar surface area (TPSA) is 46.1 Å². The van der Waals surface area contributed by atoms with Gasteiger partial charge in [-0.3, -0.25) is 4.99 Å². The summed E-state index contributed by atoms with van der Waals surface area (Å²) in [6, 6.07) is 6.44. The average Bonchev–Trinajstić information content (AvgIpc) is 3.45. The monoisotopic (exact) mass is 541 g/mol. The average molecular weight is 541 g/mol. The van der Waals surface area contributed by atoms with Gasteiger partial charge in [0.15, 0.2) is 5.96 Å². The molecule has 2 aliphatic rings. The maximum absolute atomic E-state index is 12.7. The van der Waals surface area contributed by atoms with Crippen LogP contribution in [-0.4, -0.2) is 56.6 Å². The van der Waals surface area contributed by atoms with Crippen molar-refractivity contribution < 1.29 is 22.6 Å². The summed E-state index contributed by atoms with van der Waals surface area (Å²) in [4.78, 5) is 6.69. The van der Waals surface area contributed by atoms with Crippen LogP contribution >= 0.6 is 24.0 Å². The number of guanidine groups is 1. The Morgan fingerprint density at radius 1 is 1.27 bits per heavy atom. The van der Waals surface area contributed by atoms with Crippen LogP contribution in [0.15, 0.2) is 29.3 Å². The molecule has 1 saturated carbocycles. The van der Waals surface area contributed by atoms with Crippen LogP contribution in [0.4, 0.5) is 13.2 Å². The molecular weight excluding hydrogens is 510 g/mol. The van der Waals surface area contributed by atoms with Crippen LogP contribution in [0.3, 0.4) is 0 Å². The molecule has 1 N–H and O–H groups in total. The van der Waals surface area contributed by atoms with Crippen LogP contribution < -0.4 is 10.1 Å². The number of benzene rings is 1. The lowest BCUT2D eigenvalue weighted by atomic mass is 9.96. The number of hydrogen-bond acceptors (Lipinski definition) is 3. The van der Waals surface area contributed by atoms with Crippen LogP contribution in [0.2, 0.25) is 0 Å². The molecule has 5 nitrogen and oxygen atoms in total. The Morgan fingerprint density at radius 3 is 2.63 bits per heavy atom. The van der Waals surface area contributed by atoms with Gasteiger partial charge in [-0.2, -0.15) is 0 Å². The minimum absolute atomic E-state index is 0. The molecule has 0 aromatic heterocycles. The van der Waals surface area contributed by atoms with E-state index in [-0.39, 0.29) is 41.7 Å². The number of ether oxygens (including phenoxy) is 2. The van der Waals surface area contributed by atoms with Crippen molar-refractivity contribution in [2.75, 3.05) is 33.4 Å². The van der Waals surface area contributed by atoms with Crippen LogP contribution in [0.5, 0.6) is 5.75 Å². The van der Waals surface area contributed by atoms with E-state index in [1.807, 2.05) is 14.0 Å². The second-order valence-electron chi connectivity index (χ2n) is 7.74. The SMILES string of the molecule is CCN=C(NC1CC1c1ccccc1OC(F)(F)F)N(C)CCC1CCOCC1.I. The lowest BCUT2D eigenvalue weighted by Crippen LogP contribution is -2.41. The van der Waals surface area contributed by atoms with Gasteiger partial charge in [0, 0.05) is 45.3 Å². The quantitative estimate of drug-likeness (QED) is 0.307. The normalized spacial score (nSPS) is 22.2. The summed E-state index contributed by atoms with van der Waals surface area (Å²) in [5.41, 5.74) is 0.586. The molecule has 2 fully saturated rings. The molecule has 170 valence electrons. The fraction of sp³-hybridized carbons (Fsp3) is 0.667. The largest absolute Gasteiger partial charge is 0.573 e. The predicted octanol–water partition coefficient (Wildman–Crippen LogP) is 4.77. The second kappa shape index (κ2) is 11.4. The highest BCUT2D eigenvalue weighted by molar-refractivity contribution is 14.0. The minimum Gasteiger partial charge on any atom is -0.405 e. The molecule has 1 saturated heterocycles. The molecule has 1 aromatic rings. The first-order valence-corrected chi connectivity index (χ1v) is 10.3. The highest BCUT2D eigenvalue weighted by Crippen LogP contribution is 2.45. The van der Waals surface area contributed by atoms with Gasteiger partial charge in [0.1, 0.15) is 5.75 Å². The molecule has 30 heavy (non-hydrogen) atoms. The lowest BCUT2D eigenvalue weighted by molar-refractivity contribution is -0.274. The Balaban J connectivity index is 0.00000320. The first-order chi connectivity index (χ1) is 13.9. The van der Waals surface area contributed by atoms with Gasteiger partial charge in [0.2, 0.25) is 0 Å². The Morgan fingerprint density at radius 2 is 1.97 bits per heavy atom. The van der Waals surface area contributed by atoms with Crippen molar-refractivity contribution in [1.29, 1.82) is 0 Å². The molecule has 0 spiro atoms. The summed E-state index contributed by atoms with van der Waals surface area (Å²) in [6.07, 6.45) is -0.646. The highest BCUT2D eigenvalue weighted by atomic mass is 127. The fourth-order valence-electron chi connectivity index (χ4n) is 3.81. The molecule has 1 aliphatic heterocycles. The van der Waals surface area contributed by atoms with E-state index < -0.39 is 6.36 Å². The van der Waals surface area contributed by atoms with Gasteiger partial charge in [-0.25, -0.2) is 0 Å². The summed E-state index contributed by atoms with van der Waals surface area (Å²) in [5, 5.41) is 3.43. The van der Waals surface area contributed by atoms with E-state index in [1.165, 1.54) is 6.07 Å². The van der Waals surface area contributed by atoms with E-state index in [0.717, 1.165) is 51.4 Å². The van der Waals surface area contributed by atoms with E-state index >= 15 is 0 Å². The maximum atomic E-state index is 12.7. The van der Waals surface area contributed by atoms with Crippen LogP contribution in [0.1, 0.15) is 44.1 Å². The number of rotatable bonds is 7. The van der Waals surface area contributed by atoms with Gasteiger partial charge in [-0.15, -0.1) is 37.1 Å². The number of alkyl halides is 3. The van der Waals surface area contributed by atoms with Crippen molar-refractivity contribution in [3.63, 3.8) is 0 Å². The van der Waals surface area contributed by atoms with Gasteiger partial charge in [-0.1, -0.05) is 18.2 Å². The first-order valence-electron chi connectivity index (χ1n) is 10.3.